The number of benzene rings is 2. The summed E-state index contributed by atoms with van der Waals surface area (Å²) in [5.74, 6) is 0.426. The van der Waals surface area contributed by atoms with E-state index in [-0.39, 0.29) is 11.8 Å². The van der Waals surface area contributed by atoms with Crippen LogP contribution in [0.3, 0.4) is 0 Å². The van der Waals surface area contributed by atoms with E-state index >= 15 is 0 Å². The Labute approximate surface area is 187 Å². The number of thioether (sulfide) groups is 1. The Hall–Kier alpha value is -2.93. The number of unbranched alkanes of at least 4 members (excludes halogenated alkanes) is 2. The van der Waals surface area contributed by atoms with Crippen molar-refractivity contribution in [1.29, 1.82) is 0 Å². The quantitative estimate of drug-likeness (QED) is 0.333. The van der Waals surface area contributed by atoms with Crippen molar-refractivity contribution in [2.45, 2.75) is 51.4 Å². The molecule has 0 spiro atoms. The number of anilines is 1. The van der Waals surface area contributed by atoms with Crippen molar-refractivity contribution in [3.8, 4) is 17.1 Å². The third-order valence-electron chi connectivity index (χ3n) is 5.41. The van der Waals surface area contributed by atoms with E-state index in [9.17, 15) is 9.90 Å². The molecule has 31 heavy (non-hydrogen) atoms. The molecule has 0 fully saturated rings. The SMILES string of the molecule is CCCCCSc1nc([O-])c2[n+](n1)C(c1ccc(C)cc1)N(C(C)=O)c1ccccc1-2. The van der Waals surface area contributed by atoms with Crippen LogP contribution in [0.1, 0.15) is 50.4 Å². The number of hydrogen-bond acceptors (Lipinski definition) is 5. The van der Waals surface area contributed by atoms with E-state index < -0.39 is 6.17 Å². The largest absolute Gasteiger partial charge is 0.854 e. The van der Waals surface area contributed by atoms with Gasteiger partial charge in [0.1, 0.15) is 0 Å². The first-order chi connectivity index (χ1) is 15.0. The van der Waals surface area contributed by atoms with Crippen LogP contribution in [0.2, 0.25) is 0 Å². The van der Waals surface area contributed by atoms with Crippen molar-refractivity contribution in [2.24, 2.45) is 0 Å². The normalized spacial score (nSPS) is 14.8. The van der Waals surface area contributed by atoms with Gasteiger partial charge in [-0.2, -0.15) is 0 Å². The van der Waals surface area contributed by atoms with Crippen LogP contribution in [0.4, 0.5) is 5.69 Å². The summed E-state index contributed by atoms with van der Waals surface area (Å²) in [4.78, 5) is 18.8. The van der Waals surface area contributed by atoms with Gasteiger partial charge in [0, 0.05) is 23.3 Å². The van der Waals surface area contributed by atoms with Crippen LogP contribution >= 0.6 is 11.8 Å². The van der Waals surface area contributed by atoms with E-state index in [1.54, 1.807) is 16.5 Å². The molecule has 7 heteroatoms. The summed E-state index contributed by atoms with van der Waals surface area (Å²) in [6.07, 6.45) is 2.76. The lowest BCUT2D eigenvalue weighted by Gasteiger charge is -2.32. The third kappa shape index (κ3) is 4.14. The van der Waals surface area contributed by atoms with E-state index in [1.165, 1.54) is 11.8 Å². The van der Waals surface area contributed by atoms with Crippen molar-refractivity contribution >= 4 is 23.4 Å². The van der Waals surface area contributed by atoms with Gasteiger partial charge >= 0.3 is 0 Å². The predicted octanol–water partition coefficient (Wildman–Crippen LogP) is 4.01. The van der Waals surface area contributed by atoms with Crippen LogP contribution in [0, 0.1) is 6.92 Å². The molecule has 1 amide bonds. The fraction of sp³-hybridized carbons (Fsp3) is 0.333. The minimum atomic E-state index is -0.548. The Morgan fingerprint density at radius 2 is 1.90 bits per heavy atom. The molecule has 2 heterocycles. The molecule has 0 saturated carbocycles. The molecule has 1 aliphatic heterocycles. The zero-order valence-corrected chi connectivity index (χ0v) is 18.9. The fourth-order valence-corrected chi connectivity index (χ4v) is 4.71. The number of carbonyl (C=O) groups is 1. The van der Waals surface area contributed by atoms with E-state index in [1.807, 2.05) is 55.5 Å². The Bertz CT molecular complexity index is 1100. The summed E-state index contributed by atoms with van der Waals surface area (Å²) in [6, 6.07) is 15.4. The molecule has 0 saturated heterocycles. The Balaban J connectivity index is 1.89. The highest BCUT2D eigenvalue weighted by molar-refractivity contribution is 7.99. The van der Waals surface area contributed by atoms with Crippen LogP contribution < -0.4 is 14.7 Å². The van der Waals surface area contributed by atoms with Gasteiger partial charge in [0.05, 0.1) is 17.1 Å². The van der Waals surface area contributed by atoms with Gasteiger partial charge in [0.15, 0.2) is 0 Å². The first-order valence-electron chi connectivity index (χ1n) is 10.6. The number of fused-ring (bicyclic) bond motifs is 3. The predicted molar refractivity (Wildman–Crippen MR) is 120 cm³/mol. The molecule has 1 atom stereocenters. The van der Waals surface area contributed by atoms with Crippen molar-refractivity contribution in [2.75, 3.05) is 10.7 Å². The van der Waals surface area contributed by atoms with Gasteiger partial charge in [-0.25, -0.2) is 9.88 Å². The summed E-state index contributed by atoms with van der Waals surface area (Å²) in [6.45, 7) is 5.72. The highest BCUT2D eigenvalue weighted by atomic mass is 32.2. The van der Waals surface area contributed by atoms with Gasteiger partial charge < -0.3 is 5.11 Å². The number of para-hydroxylation sites is 1. The summed E-state index contributed by atoms with van der Waals surface area (Å²) >= 11 is 1.49. The lowest BCUT2D eigenvalue weighted by atomic mass is 10.0. The standard InChI is InChI=1S/C24H26N4O2S/c1-4-5-8-15-31-24-25-22(30)21-19-9-6-7-10-20(19)27(17(3)29)23(28(21)26-24)18-13-11-16(2)12-14-18/h6-7,9-14,23H,4-5,8,15H2,1-3H3. The lowest BCUT2D eigenvalue weighted by Crippen LogP contribution is -2.58. The Morgan fingerprint density at radius 3 is 2.61 bits per heavy atom. The topological polar surface area (TPSA) is 73.0 Å². The number of aromatic nitrogens is 3. The zero-order valence-electron chi connectivity index (χ0n) is 18.0. The molecule has 3 aromatic rings. The van der Waals surface area contributed by atoms with Crippen molar-refractivity contribution in [3.63, 3.8) is 0 Å². The summed E-state index contributed by atoms with van der Waals surface area (Å²) in [5.41, 5.74) is 3.80. The second kappa shape index (κ2) is 9.06. The number of carbonyl (C=O) groups excluding carboxylic acids is 1. The van der Waals surface area contributed by atoms with Crippen molar-refractivity contribution in [1.82, 2.24) is 10.1 Å². The molecule has 1 aromatic heterocycles. The molecule has 4 rings (SSSR count). The number of amides is 1. The van der Waals surface area contributed by atoms with Gasteiger partial charge in [-0.15, -0.1) is 0 Å². The zero-order chi connectivity index (χ0) is 22.0. The first kappa shape index (κ1) is 21.3. The smallest absolute Gasteiger partial charge is 0.293 e. The van der Waals surface area contributed by atoms with Gasteiger partial charge in [-0.3, -0.25) is 4.79 Å². The van der Waals surface area contributed by atoms with Crippen LogP contribution in [0.15, 0.2) is 53.7 Å². The van der Waals surface area contributed by atoms with Gasteiger partial charge in [0.2, 0.25) is 5.91 Å². The van der Waals surface area contributed by atoms with E-state index in [0.717, 1.165) is 36.1 Å². The number of hydrogen-bond donors (Lipinski definition) is 0. The minimum absolute atomic E-state index is 0.112. The molecule has 160 valence electrons. The minimum Gasteiger partial charge on any atom is -0.854 e. The van der Waals surface area contributed by atoms with Gasteiger partial charge in [-0.1, -0.05) is 66.0 Å². The third-order valence-corrected chi connectivity index (χ3v) is 6.33. The van der Waals surface area contributed by atoms with Crippen molar-refractivity contribution in [3.05, 3.63) is 59.7 Å². The molecule has 1 unspecified atom stereocenters. The lowest BCUT2D eigenvalue weighted by molar-refractivity contribution is -0.764. The molecule has 0 aliphatic carbocycles. The van der Waals surface area contributed by atoms with Gasteiger partial charge in [-0.05, 0) is 37.6 Å². The maximum absolute atomic E-state index is 13.2. The average molecular weight is 435 g/mol. The second-order valence-electron chi connectivity index (χ2n) is 7.74. The number of aryl methyl sites for hydroxylation is 1. The summed E-state index contributed by atoms with van der Waals surface area (Å²) < 4.78 is 1.69. The fourth-order valence-electron chi connectivity index (χ4n) is 3.89. The Morgan fingerprint density at radius 1 is 1.16 bits per heavy atom. The van der Waals surface area contributed by atoms with E-state index in [0.29, 0.717) is 22.1 Å². The summed E-state index contributed by atoms with van der Waals surface area (Å²) in [7, 11) is 0. The molecule has 0 radical (unpaired) electrons. The molecule has 0 bridgehead atoms. The molecular formula is C24H26N4O2S. The van der Waals surface area contributed by atoms with Crippen LogP contribution in [0.25, 0.3) is 11.3 Å². The summed E-state index contributed by atoms with van der Waals surface area (Å²) in [5, 5.41) is 18.4. The first-order valence-corrected chi connectivity index (χ1v) is 11.6. The monoisotopic (exact) mass is 434 g/mol. The maximum Gasteiger partial charge on any atom is 0.293 e. The highest BCUT2D eigenvalue weighted by Crippen LogP contribution is 2.40. The average Bonchev–Trinajstić information content (AvgIpc) is 2.76. The Kier molecular flexibility index (Phi) is 6.23. The van der Waals surface area contributed by atoms with Crippen molar-refractivity contribution < 1.29 is 14.6 Å². The number of nitrogens with zero attached hydrogens (tertiary/aromatic N) is 4. The maximum atomic E-state index is 13.2. The number of rotatable bonds is 6. The highest BCUT2D eigenvalue weighted by Gasteiger charge is 2.43. The molecule has 2 aromatic carbocycles. The van der Waals surface area contributed by atoms with E-state index in [4.69, 9.17) is 5.10 Å². The molecule has 0 N–H and O–H groups in total. The second-order valence-corrected chi connectivity index (χ2v) is 8.80. The molecule has 1 aliphatic rings. The van der Waals surface area contributed by atoms with Crippen LogP contribution in [-0.4, -0.2) is 21.7 Å². The molecule has 6 nitrogen and oxygen atoms in total. The van der Waals surface area contributed by atoms with E-state index in [2.05, 4.69) is 11.9 Å². The van der Waals surface area contributed by atoms with Crippen LogP contribution in [-0.2, 0) is 4.79 Å². The molecular weight excluding hydrogens is 408 g/mol. The van der Waals surface area contributed by atoms with Gasteiger partial charge in [0.25, 0.3) is 17.0 Å². The van der Waals surface area contributed by atoms with Crippen LogP contribution in [0.5, 0.6) is 5.88 Å².